The monoisotopic (exact) mass is 257 g/mol. The van der Waals surface area contributed by atoms with Crippen LogP contribution >= 0.6 is 15.9 Å². The maximum absolute atomic E-state index is 12.1. The van der Waals surface area contributed by atoms with E-state index in [4.69, 9.17) is 0 Å². The molecule has 0 saturated carbocycles. The first-order valence-corrected chi connectivity index (χ1v) is 5.15. The standard InChI is InChI=1S/C10H9BrFNO/c11-8-1-2-9-7(5-8)6-13(4-3-12)10(9)14/h1-2,5H,3-4,6H2. The first-order chi connectivity index (χ1) is 6.72. The minimum Gasteiger partial charge on any atom is -0.332 e. The van der Waals surface area contributed by atoms with E-state index in [0.717, 1.165) is 10.0 Å². The van der Waals surface area contributed by atoms with Gasteiger partial charge in [-0.2, -0.15) is 0 Å². The van der Waals surface area contributed by atoms with Crippen LogP contribution in [0.15, 0.2) is 22.7 Å². The van der Waals surface area contributed by atoms with Gasteiger partial charge in [0.05, 0.1) is 0 Å². The Kier molecular flexibility index (Phi) is 2.54. The predicted octanol–water partition coefficient (Wildman–Crippen LogP) is 2.37. The fourth-order valence-corrected chi connectivity index (χ4v) is 2.04. The molecule has 0 N–H and O–H groups in total. The average molecular weight is 258 g/mol. The van der Waals surface area contributed by atoms with Gasteiger partial charge in [-0.3, -0.25) is 4.79 Å². The molecule has 14 heavy (non-hydrogen) atoms. The van der Waals surface area contributed by atoms with Crippen LogP contribution < -0.4 is 0 Å². The number of fused-ring (bicyclic) bond motifs is 1. The van der Waals surface area contributed by atoms with E-state index in [1.165, 1.54) is 4.90 Å². The van der Waals surface area contributed by atoms with Crippen LogP contribution in [0.5, 0.6) is 0 Å². The van der Waals surface area contributed by atoms with Gasteiger partial charge in [-0.1, -0.05) is 15.9 Å². The fraction of sp³-hybridized carbons (Fsp3) is 0.300. The molecule has 0 bridgehead atoms. The molecule has 0 aliphatic carbocycles. The number of alkyl halides is 1. The van der Waals surface area contributed by atoms with E-state index in [-0.39, 0.29) is 12.5 Å². The van der Waals surface area contributed by atoms with Crippen LogP contribution in [0, 0.1) is 0 Å². The lowest BCUT2D eigenvalue weighted by atomic mass is 10.1. The summed E-state index contributed by atoms with van der Waals surface area (Å²) in [5.74, 6) is -0.0647. The van der Waals surface area contributed by atoms with Crippen LogP contribution in [0.2, 0.25) is 0 Å². The van der Waals surface area contributed by atoms with Gasteiger partial charge in [0.2, 0.25) is 0 Å². The Hall–Kier alpha value is -0.900. The summed E-state index contributed by atoms with van der Waals surface area (Å²) in [6, 6.07) is 5.52. The molecule has 0 fully saturated rings. The molecule has 1 aromatic rings. The first-order valence-electron chi connectivity index (χ1n) is 4.36. The lowest BCUT2D eigenvalue weighted by Crippen LogP contribution is -2.25. The zero-order valence-corrected chi connectivity index (χ0v) is 9.05. The second-order valence-corrected chi connectivity index (χ2v) is 4.13. The zero-order valence-electron chi connectivity index (χ0n) is 7.46. The number of nitrogens with zero attached hydrogens (tertiary/aromatic N) is 1. The number of hydrogen-bond donors (Lipinski definition) is 0. The second-order valence-electron chi connectivity index (χ2n) is 3.22. The maximum Gasteiger partial charge on any atom is 0.254 e. The number of halogens is 2. The highest BCUT2D eigenvalue weighted by atomic mass is 79.9. The Balaban J connectivity index is 2.31. The Morgan fingerprint density at radius 3 is 3.00 bits per heavy atom. The van der Waals surface area contributed by atoms with Crippen molar-refractivity contribution in [3.63, 3.8) is 0 Å². The molecule has 1 aliphatic rings. The predicted molar refractivity (Wildman–Crippen MR) is 54.9 cm³/mol. The number of amides is 1. The zero-order chi connectivity index (χ0) is 10.1. The quantitative estimate of drug-likeness (QED) is 0.797. The van der Waals surface area contributed by atoms with E-state index in [2.05, 4.69) is 15.9 Å². The Morgan fingerprint density at radius 1 is 1.50 bits per heavy atom. The third-order valence-electron chi connectivity index (χ3n) is 2.30. The third kappa shape index (κ3) is 1.54. The molecule has 1 heterocycles. The average Bonchev–Trinajstić information content (AvgIpc) is 2.44. The van der Waals surface area contributed by atoms with E-state index in [9.17, 15) is 9.18 Å². The maximum atomic E-state index is 12.1. The minimum absolute atomic E-state index is 0.0647. The molecule has 4 heteroatoms. The van der Waals surface area contributed by atoms with Crippen molar-refractivity contribution in [1.29, 1.82) is 0 Å². The molecular formula is C10H9BrFNO. The molecular weight excluding hydrogens is 249 g/mol. The van der Waals surface area contributed by atoms with E-state index >= 15 is 0 Å². The van der Waals surface area contributed by atoms with Gasteiger partial charge < -0.3 is 4.90 Å². The SMILES string of the molecule is O=C1c2ccc(Br)cc2CN1CCF. The number of rotatable bonds is 2. The van der Waals surface area contributed by atoms with E-state index in [0.29, 0.717) is 12.1 Å². The Labute approximate surface area is 89.8 Å². The van der Waals surface area contributed by atoms with Crippen LogP contribution in [-0.4, -0.2) is 24.0 Å². The molecule has 1 aromatic carbocycles. The highest BCUT2D eigenvalue weighted by Gasteiger charge is 2.26. The Bertz CT molecular complexity index is 380. The van der Waals surface area contributed by atoms with Gasteiger partial charge in [-0.25, -0.2) is 4.39 Å². The molecule has 1 aliphatic heterocycles. The summed E-state index contributed by atoms with van der Waals surface area (Å²) >= 11 is 3.34. The van der Waals surface area contributed by atoms with Crippen molar-refractivity contribution >= 4 is 21.8 Å². The van der Waals surface area contributed by atoms with Crippen LogP contribution in [0.1, 0.15) is 15.9 Å². The van der Waals surface area contributed by atoms with Gasteiger partial charge >= 0.3 is 0 Å². The minimum atomic E-state index is -0.485. The summed E-state index contributed by atoms with van der Waals surface area (Å²) < 4.78 is 13.1. The second kappa shape index (κ2) is 3.69. The highest BCUT2D eigenvalue weighted by molar-refractivity contribution is 9.10. The number of carbonyl (C=O) groups is 1. The molecule has 0 aromatic heterocycles. The van der Waals surface area contributed by atoms with Gasteiger partial charge in [-0.15, -0.1) is 0 Å². The molecule has 2 nitrogen and oxygen atoms in total. The fourth-order valence-electron chi connectivity index (χ4n) is 1.63. The largest absolute Gasteiger partial charge is 0.332 e. The van der Waals surface area contributed by atoms with Crippen LogP contribution in [0.4, 0.5) is 4.39 Å². The van der Waals surface area contributed by atoms with Crippen molar-refractivity contribution in [3.8, 4) is 0 Å². The van der Waals surface area contributed by atoms with Crippen LogP contribution in [-0.2, 0) is 6.54 Å². The summed E-state index contributed by atoms with van der Waals surface area (Å²) in [6.07, 6.45) is 0. The summed E-state index contributed by atoms with van der Waals surface area (Å²) in [4.78, 5) is 13.2. The summed E-state index contributed by atoms with van der Waals surface area (Å²) in [5.41, 5.74) is 1.67. The number of carbonyl (C=O) groups excluding carboxylic acids is 1. The highest BCUT2D eigenvalue weighted by Crippen LogP contribution is 2.25. The lowest BCUT2D eigenvalue weighted by molar-refractivity contribution is 0.0768. The van der Waals surface area contributed by atoms with Crippen LogP contribution in [0.3, 0.4) is 0 Å². The molecule has 74 valence electrons. The van der Waals surface area contributed by atoms with Crippen LogP contribution in [0.25, 0.3) is 0 Å². The van der Waals surface area contributed by atoms with E-state index in [1.54, 1.807) is 6.07 Å². The van der Waals surface area contributed by atoms with E-state index in [1.807, 2.05) is 12.1 Å². The van der Waals surface area contributed by atoms with Crippen molar-refractivity contribution in [2.75, 3.05) is 13.2 Å². The van der Waals surface area contributed by atoms with Crippen molar-refractivity contribution in [2.45, 2.75) is 6.54 Å². The van der Waals surface area contributed by atoms with E-state index < -0.39 is 6.67 Å². The molecule has 2 rings (SSSR count). The normalized spacial score (nSPS) is 14.7. The third-order valence-corrected chi connectivity index (χ3v) is 2.79. The van der Waals surface area contributed by atoms with Crippen molar-refractivity contribution in [3.05, 3.63) is 33.8 Å². The molecule has 0 spiro atoms. The number of hydrogen-bond acceptors (Lipinski definition) is 1. The number of benzene rings is 1. The van der Waals surface area contributed by atoms with Crippen molar-refractivity contribution in [1.82, 2.24) is 4.90 Å². The molecule has 0 radical (unpaired) electrons. The summed E-state index contributed by atoms with van der Waals surface area (Å²) in [5, 5.41) is 0. The molecule has 1 amide bonds. The summed E-state index contributed by atoms with van der Waals surface area (Å²) in [6.45, 7) is 0.226. The van der Waals surface area contributed by atoms with Gasteiger partial charge in [-0.05, 0) is 23.8 Å². The molecule has 0 unspecified atom stereocenters. The van der Waals surface area contributed by atoms with Crippen molar-refractivity contribution in [2.24, 2.45) is 0 Å². The van der Waals surface area contributed by atoms with Gasteiger partial charge in [0.1, 0.15) is 6.67 Å². The first kappa shape index (κ1) is 9.65. The smallest absolute Gasteiger partial charge is 0.254 e. The van der Waals surface area contributed by atoms with Crippen molar-refractivity contribution < 1.29 is 9.18 Å². The molecule has 0 atom stereocenters. The molecule has 0 saturated heterocycles. The van der Waals surface area contributed by atoms with Gasteiger partial charge in [0.25, 0.3) is 5.91 Å². The Morgan fingerprint density at radius 2 is 2.29 bits per heavy atom. The van der Waals surface area contributed by atoms with Gasteiger partial charge in [0.15, 0.2) is 0 Å². The summed E-state index contributed by atoms with van der Waals surface area (Å²) in [7, 11) is 0. The van der Waals surface area contributed by atoms with Gasteiger partial charge in [0, 0.05) is 23.1 Å². The lowest BCUT2D eigenvalue weighted by Gasteiger charge is -2.11. The topological polar surface area (TPSA) is 20.3 Å².